The summed E-state index contributed by atoms with van der Waals surface area (Å²) >= 11 is 0. The molecule has 120 valence electrons. The van der Waals surface area contributed by atoms with Crippen molar-refractivity contribution in [2.24, 2.45) is 22.2 Å². The van der Waals surface area contributed by atoms with Gasteiger partial charge in [0.1, 0.15) is 11.7 Å². The van der Waals surface area contributed by atoms with E-state index in [9.17, 15) is 0 Å². The third-order valence-electron chi connectivity index (χ3n) is 2.90. The molecule has 0 bridgehead atoms. The summed E-state index contributed by atoms with van der Waals surface area (Å²) in [4.78, 5) is 4.22. The van der Waals surface area contributed by atoms with Crippen molar-refractivity contribution in [3.8, 4) is 0 Å². The first-order chi connectivity index (χ1) is 10.5. The molecule has 0 aliphatic heterocycles. The molecular formula is C15H18ClN7. The zero-order valence-corrected chi connectivity index (χ0v) is 13.0. The lowest BCUT2D eigenvalue weighted by Gasteiger charge is -2.06. The number of hydrogen-bond acceptors (Lipinski definition) is 3. The molecular weight excluding hydrogens is 314 g/mol. The van der Waals surface area contributed by atoms with Gasteiger partial charge in [0.2, 0.25) is 0 Å². The van der Waals surface area contributed by atoms with E-state index in [1.165, 1.54) is 0 Å². The number of halogens is 1. The molecule has 8 heteroatoms. The molecule has 0 unspecified atom stereocenters. The largest absolute Gasteiger partial charge is 0.384 e. The highest BCUT2D eigenvalue weighted by atomic mass is 35.5. The lowest BCUT2D eigenvalue weighted by molar-refractivity contribution is 1.40. The summed E-state index contributed by atoms with van der Waals surface area (Å²) in [6.45, 7) is 0. The molecule has 0 spiro atoms. The number of hydrogen-bond donors (Lipinski definition) is 6. The normalized spacial score (nSPS) is 10.5. The van der Waals surface area contributed by atoms with Gasteiger partial charge in [-0.1, -0.05) is 0 Å². The second kappa shape index (κ2) is 7.81. The van der Waals surface area contributed by atoms with E-state index in [0.29, 0.717) is 16.8 Å². The Morgan fingerprint density at radius 3 is 1.65 bits per heavy atom. The third-order valence-corrected chi connectivity index (χ3v) is 2.90. The van der Waals surface area contributed by atoms with E-state index in [0.717, 1.165) is 5.69 Å². The molecule has 2 rings (SSSR count). The Balaban J connectivity index is 0.00000264. The molecule has 0 aliphatic carbocycles. The van der Waals surface area contributed by atoms with E-state index in [-0.39, 0.29) is 30.0 Å². The molecule has 9 N–H and O–H groups in total. The van der Waals surface area contributed by atoms with Gasteiger partial charge in [0, 0.05) is 16.8 Å². The molecule has 23 heavy (non-hydrogen) atoms. The summed E-state index contributed by atoms with van der Waals surface area (Å²) in [6, 6.07) is 13.8. The fourth-order valence-corrected chi connectivity index (χ4v) is 1.76. The predicted octanol–water partition coefficient (Wildman–Crippen LogP) is 1.73. The van der Waals surface area contributed by atoms with E-state index >= 15 is 0 Å². The van der Waals surface area contributed by atoms with Crippen LogP contribution in [0.3, 0.4) is 0 Å². The van der Waals surface area contributed by atoms with Crippen LogP contribution in [0.4, 0.5) is 11.4 Å². The smallest absolute Gasteiger partial charge is 0.198 e. The monoisotopic (exact) mass is 331 g/mol. The van der Waals surface area contributed by atoms with Crippen LogP contribution in [0, 0.1) is 10.8 Å². The standard InChI is InChI=1S/C15H17N7.ClH/c16-13(17)9-1-5-11(6-2-9)21-15(20)22-12-7-3-10(4-8-12)14(18)19;/h1-8H,(H3,16,17)(H3,18,19)(H3,20,21,22);1H. The molecule has 0 aromatic heterocycles. The number of aliphatic imine (C=N–C) groups is 1. The molecule has 0 atom stereocenters. The van der Waals surface area contributed by atoms with Gasteiger partial charge >= 0.3 is 0 Å². The molecule has 0 aliphatic rings. The van der Waals surface area contributed by atoms with Gasteiger partial charge in [-0.3, -0.25) is 10.8 Å². The van der Waals surface area contributed by atoms with Gasteiger partial charge in [-0.05, 0) is 48.5 Å². The van der Waals surface area contributed by atoms with Crippen molar-refractivity contribution in [3.05, 3.63) is 59.7 Å². The van der Waals surface area contributed by atoms with Crippen LogP contribution in [0.2, 0.25) is 0 Å². The van der Waals surface area contributed by atoms with E-state index in [2.05, 4.69) is 10.3 Å². The zero-order chi connectivity index (χ0) is 16.1. The second-order valence-electron chi connectivity index (χ2n) is 4.57. The van der Waals surface area contributed by atoms with Gasteiger partial charge in [-0.25, -0.2) is 4.99 Å². The number of nitrogens with two attached hydrogens (primary N) is 3. The van der Waals surface area contributed by atoms with Gasteiger partial charge < -0.3 is 22.5 Å². The molecule has 0 saturated carbocycles. The Hall–Kier alpha value is -3.06. The first-order valence-electron chi connectivity index (χ1n) is 6.46. The second-order valence-corrected chi connectivity index (χ2v) is 4.57. The van der Waals surface area contributed by atoms with Gasteiger partial charge in [0.05, 0.1) is 5.69 Å². The number of guanidine groups is 1. The maximum Gasteiger partial charge on any atom is 0.198 e. The minimum absolute atomic E-state index is 0. The van der Waals surface area contributed by atoms with E-state index in [4.69, 9.17) is 28.0 Å². The Labute approximate surface area is 140 Å². The Bertz CT molecular complexity index is 720. The highest BCUT2D eigenvalue weighted by Crippen LogP contribution is 2.14. The molecule has 7 nitrogen and oxygen atoms in total. The average molecular weight is 332 g/mol. The highest BCUT2D eigenvalue weighted by Gasteiger charge is 2.00. The molecule has 2 aromatic carbocycles. The quantitative estimate of drug-likeness (QED) is 0.373. The molecule has 0 amide bonds. The maximum absolute atomic E-state index is 7.33. The Morgan fingerprint density at radius 2 is 1.22 bits per heavy atom. The first-order valence-corrected chi connectivity index (χ1v) is 6.46. The van der Waals surface area contributed by atoms with Crippen molar-refractivity contribution >= 4 is 41.4 Å². The van der Waals surface area contributed by atoms with Crippen LogP contribution < -0.4 is 22.5 Å². The van der Waals surface area contributed by atoms with Crippen molar-refractivity contribution in [2.75, 3.05) is 5.32 Å². The Kier molecular flexibility index (Phi) is 6.11. The average Bonchev–Trinajstić information content (AvgIpc) is 2.48. The van der Waals surface area contributed by atoms with Crippen LogP contribution in [0.15, 0.2) is 53.5 Å². The topological polar surface area (TPSA) is 150 Å². The molecule has 0 radical (unpaired) electrons. The van der Waals surface area contributed by atoms with E-state index in [1.807, 2.05) is 0 Å². The van der Waals surface area contributed by atoms with Gasteiger partial charge in [-0.2, -0.15) is 0 Å². The number of anilines is 1. The summed E-state index contributed by atoms with van der Waals surface area (Å²) in [5, 5.41) is 17.6. The van der Waals surface area contributed by atoms with Crippen molar-refractivity contribution < 1.29 is 0 Å². The van der Waals surface area contributed by atoms with Crippen LogP contribution in [0.5, 0.6) is 0 Å². The first kappa shape index (κ1) is 18.0. The third kappa shape index (κ3) is 5.01. The predicted molar refractivity (Wildman–Crippen MR) is 97.1 cm³/mol. The van der Waals surface area contributed by atoms with Crippen LogP contribution in [0.25, 0.3) is 0 Å². The Morgan fingerprint density at radius 1 is 0.783 bits per heavy atom. The number of nitrogens with one attached hydrogen (secondary N) is 3. The molecule has 0 heterocycles. The number of benzene rings is 2. The van der Waals surface area contributed by atoms with Gasteiger partial charge in [0.15, 0.2) is 5.96 Å². The number of rotatable bonds is 4. The van der Waals surface area contributed by atoms with Crippen molar-refractivity contribution in [1.82, 2.24) is 0 Å². The van der Waals surface area contributed by atoms with E-state index in [1.54, 1.807) is 48.5 Å². The van der Waals surface area contributed by atoms with E-state index < -0.39 is 0 Å². The lowest BCUT2D eigenvalue weighted by Crippen LogP contribution is -2.22. The lowest BCUT2D eigenvalue weighted by atomic mass is 10.2. The molecule has 0 fully saturated rings. The minimum atomic E-state index is 0. The summed E-state index contributed by atoms with van der Waals surface area (Å²) < 4.78 is 0. The number of nitrogens with zero attached hydrogens (tertiary/aromatic N) is 1. The SMILES string of the molecule is Cl.N=C(N)c1ccc(N=C(N)Nc2ccc(C(=N)N)cc2)cc1. The summed E-state index contributed by atoms with van der Waals surface area (Å²) in [7, 11) is 0. The zero-order valence-electron chi connectivity index (χ0n) is 12.2. The fourth-order valence-electron chi connectivity index (χ4n) is 1.76. The maximum atomic E-state index is 7.33. The van der Waals surface area contributed by atoms with Crippen LogP contribution in [-0.4, -0.2) is 17.6 Å². The van der Waals surface area contributed by atoms with Crippen molar-refractivity contribution in [3.63, 3.8) is 0 Å². The van der Waals surface area contributed by atoms with Crippen LogP contribution in [-0.2, 0) is 0 Å². The summed E-state index contributed by atoms with van der Waals surface area (Å²) in [6.07, 6.45) is 0. The summed E-state index contributed by atoms with van der Waals surface area (Å²) in [5.41, 5.74) is 19.3. The minimum Gasteiger partial charge on any atom is -0.384 e. The number of amidine groups is 2. The molecule has 2 aromatic rings. The van der Waals surface area contributed by atoms with Gasteiger partial charge in [0.25, 0.3) is 0 Å². The number of nitrogen functional groups attached to an aromatic ring is 2. The highest BCUT2D eigenvalue weighted by molar-refractivity contribution is 5.97. The molecule has 0 saturated heterocycles. The van der Waals surface area contributed by atoms with Crippen LogP contribution in [0.1, 0.15) is 11.1 Å². The van der Waals surface area contributed by atoms with Crippen LogP contribution >= 0.6 is 12.4 Å². The summed E-state index contributed by atoms with van der Waals surface area (Å²) in [5.74, 6) is 0.247. The van der Waals surface area contributed by atoms with Crippen molar-refractivity contribution in [1.29, 1.82) is 10.8 Å². The van der Waals surface area contributed by atoms with Crippen molar-refractivity contribution in [2.45, 2.75) is 0 Å². The fraction of sp³-hybridized carbons (Fsp3) is 0. The van der Waals surface area contributed by atoms with Gasteiger partial charge in [-0.15, -0.1) is 12.4 Å².